The predicted molar refractivity (Wildman–Crippen MR) is 127 cm³/mol. The first-order chi connectivity index (χ1) is 13.0. The van der Waals surface area contributed by atoms with Gasteiger partial charge in [0.2, 0.25) is 0 Å². The zero-order valence-electron chi connectivity index (χ0n) is 17.6. The van der Waals surface area contributed by atoms with E-state index in [1.54, 1.807) is 0 Å². The first kappa shape index (κ1) is 24.3. The van der Waals surface area contributed by atoms with Crippen molar-refractivity contribution in [2.75, 3.05) is 13.1 Å². The lowest BCUT2D eigenvalue weighted by molar-refractivity contribution is 0.222. The Morgan fingerprint density at radius 3 is 2.64 bits per heavy atom. The van der Waals surface area contributed by atoms with Gasteiger partial charge in [0.05, 0.1) is 6.54 Å². The largest absolute Gasteiger partial charge is 0.489 e. The van der Waals surface area contributed by atoms with E-state index in [4.69, 9.17) is 4.74 Å². The van der Waals surface area contributed by atoms with Gasteiger partial charge in [0, 0.05) is 25.5 Å². The Hall–Kier alpha value is -1.77. The van der Waals surface area contributed by atoms with E-state index in [1.807, 2.05) is 30.6 Å². The second-order valence-electron chi connectivity index (χ2n) is 7.16. The minimum atomic E-state index is 0. The van der Waals surface area contributed by atoms with Crippen molar-refractivity contribution >= 4 is 29.9 Å². The number of para-hydroxylation sites is 1. The number of ether oxygens (including phenoxy) is 1. The Morgan fingerprint density at radius 1 is 1.21 bits per heavy atom. The van der Waals surface area contributed by atoms with Crippen LogP contribution in [0.2, 0.25) is 0 Å². The van der Waals surface area contributed by atoms with Crippen LogP contribution in [0.4, 0.5) is 0 Å². The van der Waals surface area contributed by atoms with Crippen molar-refractivity contribution in [3.63, 3.8) is 0 Å². The molecule has 0 saturated heterocycles. The van der Waals surface area contributed by atoms with Crippen molar-refractivity contribution in [3.05, 3.63) is 48.0 Å². The molecule has 0 aliphatic rings. The molecular weight excluding hydrogens is 465 g/mol. The van der Waals surface area contributed by atoms with E-state index in [9.17, 15) is 0 Å². The van der Waals surface area contributed by atoms with Crippen LogP contribution in [-0.4, -0.2) is 34.7 Å². The minimum absolute atomic E-state index is 0. The van der Waals surface area contributed by atoms with Crippen molar-refractivity contribution in [2.24, 2.45) is 10.9 Å². The molecule has 0 fully saturated rings. The fourth-order valence-electron chi connectivity index (χ4n) is 2.73. The highest BCUT2D eigenvalue weighted by Gasteiger charge is 2.08. The summed E-state index contributed by atoms with van der Waals surface area (Å²) in [5.74, 6) is 3.25. The fourth-order valence-corrected chi connectivity index (χ4v) is 2.73. The third-order valence-electron chi connectivity index (χ3n) is 4.07. The molecule has 1 aromatic heterocycles. The molecule has 1 heterocycles. The SMILES string of the molecule is CCNC(=NCc1nccn1CC(C)C)NCC(C)Oc1ccccc1C.I. The maximum absolute atomic E-state index is 6.03. The van der Waals surface area contributed by atoms with Crippen LogP contribution in [0.25, 0.3) is 0 Å². The molecule has 7 heteroatoms. The van der Waals surface area contributed by atoms with Gasteiger partial charge < -0.3 is 19.9 Å². The fraction of sp³-hybridized carbons (Fsp3) is 0.524. The standard InChI is InChI=1S/C21H33N5O.HI/c1-6-22-21(25-14-20-23-11-12-26(20)15-16(2)3)24-13-18(5)27-19-10-8-7-9-17(19)4;/h7-12,16,18H,6,13-15H2,1-5H3,(H2,22,24,25);1H. The lowest BCUT2D eigenvalue weighted by atomic mass is 10.2. The second-order valence-corrected chi connectivity index (χ2v) is 7.16. The molecule has 2 rings (SSSR count). The van der Waals surface area contributed by atoms with Crippen LogP contribution in [0.3, 0.4) is 0 Å². The maximum Gasteiger partial charge on any atom is 0.191 e. The highest BCUT2D eigenvalue weighted by Crippen LogP contribution is 2.17. The number of benzene rings is 1. The number of nitrogens with zero attached hydrogens (tertiary/aromatic N) is 3. The van der Waals surface area contributed by atoms with E-state index in [-0.39, 0.29) is 30.1 Å². The first-order valence-electron chi connectivity index (χ1n) is 9.74. The number of hydrogen-bond donors (Lipinski definition) is 2. The van der Waals surface area contributed by atoms with E-state index < -0.39 is 0 Å². The third kappa shape index (κ3) is 8.08. The summed E-state index contributed by atoms with van der Waals surface area (Å²) in [6.45, 7) is 13.5. The van der Waals surface area contributed by atoms with Crippen molar-refractivity contribution < 1.29 is 4.74 Å². The maximum atomic E-state index is 6.03. The van der Waals surface area contributed by atoms with Crippen molar-refractivity contribution in [2.45, 2.75) is 53.8 Å². The molecule has 0 bridgehead atoms. The molecule has 2 N–H and O–H groups in total. The number of hydrogen-bond acceptors (Lipinski definition) is 3. The van der Waals surface area contributed by atoms with Gasteiger partial charge in [-0.3, -0.25) is 0 Å². The van der Waals surface area contributed by atoms with Crippen LogP contribution in [0.5, 0.6) is 5.75 Å². The molecule has 156 valence electrons. The molecule has 1 unspecified atom stereocenters. The summed E-state index contributed by atoms with van der Waals surface area (Å²) in [4.78, 5) is 9.11. The van der Waals surface area contributed by atoms with E-state index in [0.29, 0.717) is 19.0 Å². The summed E-state index contributed by atoms with van der Waals surface area (Å²) in [5.41, 5.74) is 1.14. The highest BCUT2D eigenvalue weighted by atomic mass is 127. The Labute approximate surface area is 186 Å². The van der Waals surface area contributed by atoms with E-state index in [2.05, 4.69) is 65.9 Å². The molecule has 28 heavy (non-hydrogen) atoms. The molecule has 6 nitrogen and oxygen atoms in total. The zero-order chi connectivity index (χ0) is 19.6. The second kappa shape index (κ2) is 12.6. The van der Waals surface area contributed by atoms with Crippen molar-refractivity contribution in [1.82, 2.24) is 20.2 Å². The third-order valence-corrected chi connectivity index (χ3v) is 4.07. The van der Waals surface area contributed by atoms with Crippen LogP contribution < -0.4 is 15.4 Å². The van der Waals surface area contributed by atoms with E-state index in [0.717, 1.165) is 36.2 Å². The average molecular weight is 499 g/mol. The lowest BCUT2D eigenvalue weighted by Crippen LogP contribution is -2.41. The monoisotopic (exact) mass is 499 g/mol. The van der Waals surface area contributed by atoms with Gasteiger partial charge in [-0.05, 0) is 38.3 Å². The number of aliphatic imine (C=N–C) groups is 1. The summed E-state index contributed by atoms with van der Waals surface area (Å²) < 4.78 is 8.19. The number of guanidine groups is 1. The van der Waals surface area contributed by atoms with Gasteiger partial charge in [-0.15, -0.1) is 24.0 Å². The summed E-state index contributed by atoms with van der Waals surface area (Å²) in [6.07, 6.45) is 3.88. The topological polar surface area (TPSA) is 63.5 Å². The highest BCUT2D eigenvalue weighted by molar-refractivity contribution is 14.0. The predicted octanol–water partition coefficient (Wildman–Crippen LogP) is 3.99. The Balaban J connectivity index is 0.00000392. The number of nitrogens with one attached hydrogen (secondary N) is 2. The molecule has 1 aromatic carbocycles. The number of rotatable bonds is 9. The first-order valence-corrected chi connectivity index (χ1v) is 9.74. The van der Waals surface area contributed by atoms with Crippen molar-refractivity contribution in [1.29, 1.82) is 0 Å². The molecule has 2 aromatic rings. The molecule has 0 aliphatic heterocycles. The van der Waals surface area contributed by atoms with E-state index in [1.165, 1.54) is 0 Å². The molecular formula is C21H34IN5O. The van der Waals surface area contributed by atoms with Crippen LogP contribution in [-0.2, 0) is 13.1 Å². The minimum Gasteiger partial charge on any atom is -0.489 e. The normalized spacial score (nSPS) is 12.4. The summed E-state index contributed by atoms with van der Waals surface area (Å²) >= 11 is 0. The Kier molecular flexibility index (Phi) is 11.0. The average Bonchev–Trinajstić information content (AvgIpc) is 3.05. The molecule has 0 amide bonds. The lowest BCUT2D eigenvalue weighted by Gasteiger charge is -2.18. The van der Waals surface area contributed by atoms with Gasteiger partial charge in [-0.2, -0.15) is 0 Å². The molecule has 1 atom stereocenters. The number of aryl methyl sites for hydroxylation is 1. The van der Waals surface area contributed by atoms with Crippen LogP contribution in [0.15, 0.2) is 41.7 Å². The molecule has 0 aliphatic carbocycles. The molecule has 0 radical (unpaired) electrons. The van der Waals surface area contributed by atoms with Crippen LogP contribution >= 0.6 is 24.0 Å². The number of aromatic nitrogens is 2. The van der Waals surface area contributed by atoms with Gasteiger partial charge in [0.1, 0.15) is 24.2 Å². The Morgan fingerprint density at radius 2 is 1.96 bits per heavy atom. The van der Waals surface area contributed by atoms with E-state index >= 15 is 0 Å². The van der Waals surface area contributed by atoms with Gasteiger partial charge in [0.15, 0.2) is 5.96 Å². The quantitative estimate of drug-likeness (QED) is 0.311. The zero-order valence-corrected chi connectivity index (χ0v) is 19.9. The number of halogens is 1. The number of imidazole rings is 1. The van der Waals surface area contributed by atoms with Gasteiger partial charge in [-0.1, -0.05) is 32.0 Å². The van der Waals surface area contributed by atoms with Crippen LogP contribution in [0.1, 0.15) is 39.1 Å². The van der Waals surface area contributed by atoms with Gasteiger partial charge in [0.25, 0.3) is 0 Å². The van der Waals surface area contributed by atoms with Gasteiger partial charge >= 0.3 is 0 Å². The molecule has 0 spiro atoms. The summed E-state index contributed by atoms with van der Waals surface area (Å²) in [5, 5.41) is 6.64. The van der Waals surface area contributed by atoms with Crippen LogP contribution in [0, 0.1) is 12.8 Å². The summed E-state index contributed by atoms with van der Waals surface area (Å²) in [7, 11) is 0. The Bertz CT molecular complexity index is 729. The van der Waals surface area contributed by atoms with Gasteiger partial charge in [-0.25, -0.2) is 9.98 Å². The van der Waals surface area contributed by atoms with Crippen molar-refractivity contribution in [3.8, 4) is 5.75 Å². The summed E-state index contributed by atoms with van der Waals surface area (Å²) in [6, 6.07) is 8.07. The smallest absolute Gasteiger partial charge is 0.191 e. The molecule has 0 saturated carbocycles.